The molecule has 1 unspecified atom stereocenters. The normalized spacial score (nSPS) is 12.1. The van der Waals surface area contributed by atoms with E-state index >= 15 is 0 Å². The van der Waals surface area contributed by atoms with Crippen LogP contribution in [-0.4, -0.2) is 50.0 Å². The Morgan fingerprint density at radius 2 is 1.51 bits per heavy atom. The van der Waals surface area contributed by atoms with Crippen molar-refractivity contribution in [1.82, 2.24) is 10.2 Å². The van der Waals surface area contributed by atoms with Gasteiger partial charge >= 0.3 is 0 Å². The lowest BCUT2D eigenvalue weighted by Crippen LogP contribution is -2.51. The Kier molecular flexibility index (Phi) is 11.1. The minimum atomic E-state index is -3.53. The molecule has 1 atom stereocenters. The van der Waals surface area contributed by atoms with Crippen LogP contribution in [0.25, 0.3) is 0 Å². The number of amides is 2. The Bertz CT molecular complexity index is 1330. The van der Waals surface area contributed by atoms with Crippen LogP contribution in [0.4, 0.5) is 5.69 Å². The van der Waals surface area contributed by atoms with Gasteiger partial charge in [0.2, 0.25) is 21.8 Å². The Morgan fingerprint density at radius 1 is 0.897 bits per heavy atom. The molecule has 3 aromatic carbocycles. The molecule has 2 amide bonds. The summed E-state index contributed by atoms with van der Waals surface area (Å²) < 4.78 is 27.2. The van der Waals surface area contributed by atoms with Gasteiger partial charge in [0.15, 0.2) is 0 Å². The lowest BCUT2D eigenvalue weighted by atomic mass is 10.0. The average molecular weight is 615 g/mol. The zero-order chi connectivity index (χ0) is 28.4. The molecule has 0 fully saturated rings. The quantitative estimate of drug-likeness (QED) is 0.288. The predicted molar refractivity (Wildman–Crippen MR) is 160 cm³/mol. The second-order valence-electron chi connectivity index (χ2n) is 9.79. The molecule has 208 valence electrons. The monoisotopic (exact) mass is 613 g/mol. The number of nitrogens with one attached hydrogen (secondary N) is 1. The van der Waals surface area contributed by atoms with Crippen molar-refractivity contribution in [3.8, 4) is 0 Å². The van der Waals surface area contributed by atoms with E-state index < -0.39 is 16.1 Å². The molecule has 0 saturated heterocycles. The lowest BCUT2D eigenvalue weighted by molar-refractivity contribution is -0.141. The number of halogens is 1. The Hall–Kier alpha value is -3.17. The van der Waals surface area contributed by atoms with Crippen LogP contribution >= 0.6 is 15.9 Å². The van der Waals surface area contributed by atoms with E-state index in [1.807, 2.05) is 74.5 Å². The van der Waals surface area contributed by atoms with E-state index in [2.05, 4.69) is 21.2 Å². The maximum absolute atomic E-state index is 13.8. The van der Waals surface area contributed by atoms with Crippen LogP contribution in [0.15, 0.2) is 89.4 Å². The summed E-state index contributed by atoms with van der Waals surface area (Å²) in [6.07, 6.45) is 1.92. The number of hydrogen-bond acceptors (Lipinski definition) is 4. The summed E-state index contributed by atoms with van der Waals surface area (Å²) in [7, 11) is -3.53. The summed E-state index contributed by atoms with van der Waals surface area (Å²) in [6, 6.07) is 25.3. The second kappa shape index (κ2) is 14.3. The molecule has 0 aromatic heterocycles. The first-order chi connectivity index (χ1) is 18.5. The number of para-hydroxylation sites is 1. The molecule has 0 saturated carbocycles. The van der Waals surface area contributed by atoms with Crippen LogP contribution in [0.5, 0.6) is 0 Å². The molecule has 0 heterocycles. The summed E-state index contributed by atoms with van der Waals surface area (Å²) in [5.74, 6) is -0.435. The highest BCUT2D eigenvalue weighted by atomic mass is 79.9. The highest BCUT2D eigenvalue weighted by Crippen LogP contribution is 2.21. The van der Waals surface area contributed by atoms with Gasteiger partial charge in [-0.1, -0.05) is 76.6 Å². The topological polar surface area (TPSA) is 86.8 Å². The third-order valence-corrected chi connectivity index (χ3v) is 7.83. The number of benzene rings is 3. The Labute approximate surface area is 240 Å². The van der Waals surface area contributed by atoms with Gasteiger partial charge in [0.1, 0.15) is 6.04 Å². The maximum Gasteiger partial charge on any atom is 0.243 e. The maximum atomic E-state index is 13.8. The van der Waals surface area contributed by atoms with Crippen LogP contribution in [0.2, 0.25) is 0 Å². The molecule has 0 bridgehead atoms. The number of nitrogens with zero attached hydrogens (tertiary/aromatic N) is 2. The fourth-order valence-electron chi connectivity index (χ4n) is 4.36. The molecular formula is C30H36BrN3O4S. The van der Waals surface area contributed by atoms with E-state index in [9.17, 15) is 18.0 Å². The first-order valence-electron chi connectivity index (χ1n) is 13.0. The molecule has 0 aliphatic heterocycles. The second-order valence-corrected chi connectivity index (χ2v) is 12.6. The third-order valence-electron chi connectivity index (χ3n) is 6.14. The first-order valence-corrected chi connectivity index (χ1v) is 15.6. The van der Waals surface area contributed by atoms with Crippen molar-refractivity contribution in [2.45, 2.75) is 51.7 Å². The van der Waals surface area contributed by atoms with Gasteiger partial charge in [-0.2, -0.15) is 0 Å². The number of carbonyl (C=O) groups excluding carboxylic acids is 2. The highest BCUT2D eigenvalue weighted by Gasteiger charge is 2.31. The van der Waals surface area contributed by atoms with Gasteiger partial charge in [0.05, 0.1) is 11.9 Å². The molecule has 1 N–H and O–H groups in total. The van der Waals surface area contributed by atoms with Gasteiger partial charge in [-0.3, -0.25) is 13.9 Å². The standard InChI is InChI=1S/C30H36BrN3O4S/c1-23(2)32-30(36)28(21-24-12-6-4-7-13-24)33(22-25-14-10-15-26(31)20-25)29(35)18-11-19-34(39(3,37)38)27-16-8-5-9-17-27/h4-10,12-17,20,23,28H,11,18-19,21-22H2,1-3H3,(H,32,36). The smallest absolute Gasteiger partial charge is 0.243 e. The molecule has 0 radical (unpaired) electrons. The summed E-state index contributed by atoms with van der Waals surface area (Å²) in [5, 5.41) is 2.98. The van der Waals surface area contributed by atoms with E-state index in [1.54, 1.807) is 29.2 Å². The van der Waals surface area contributed by atoms with Crippen LogP contribution in [-0.2, 0) is 32.6 Å². The fraction of sp³-hybridized carbons (Fsp3) is 0.333. The van der Waals surface area contributed by atoms with Gasteiger partial charge in [0, 0.05) is 36.4 Å². The van der Waals surface area contributed by atoms with Gasteiger partial charge in [-0.15, -0.1) is 0 Å². The number of sulfonamides is 1. The van der Waals surface area contributed by atoms with E-state index in [0.717, 1.165) is 21.9 Å². The molecular weight excluding hydrogens is 578 g/mol. The van der Waals surface area contributed by atoms with Gasteiger partial charge in [0.25, 0.3) is 0 Å². The van der Waals surface area contributed by atoms with Crippen LogP contribution in [0.1, 0.15) is 37.8 Å². The Balaban J connectivity index is 1.87. The van der Waals surface area contributed by atoms with Gasteiger partial charge in [-0.25, -0.2) is 8.42 Å². The molecule has 3 rings (SSSR count). The van der Waals surface area contributed by atoms with Crippen molar-refractivity contribution in [2.75, 3.05) is 17.1 Å². The van der Waals surface area contributed by atoms with Crippen LogP contribution in [0, 0.1) is 0 Å². The largest absolute Gasteiger partial charge is 0.352 e. The fourth-order valence-corrected chi connectivity index (χ4v) is 5.78. The van der Waals surface area contributed by atoms with E-state index in [4.69, 9.17) is 0 Å². The number of carbonyl (C=O) groups is 2. The summed E-state index contributed by atoms with van der Waals surface area (Å²) in [5.41, 5.74) is 2.38. The zero-order valence-corrected chi connectivity index (χ0v) is 25.0. The van der Waals surface area contributed by atoms with E-state index in [0.29, 0.717) is 18.5 Å². The molecule has 0 aliphatic carbocycles. The first kappa shape index (κ1) is 30.4. The van der Waals surface area contributed by atoms with Crippen molar-refractivity contribution in [1.29, 1.82) is 0 Å². The minimum Gasteiger partial charge on any atom is -0.352 e. The van der Waals surface area contributed by atoms with Crippen molar-refractivity contribution in [3.05, 3.63) is 101 Å². The number of hydrogen-bond donors (Lipinski definition) is 1. The summed E-state index contributed by atoms with van der Waals surface area (Å²) in [6.45, 7) is 4.18. The number of rotatable bonds is 13. The SMILES string of the molecule is CC(C)NC(=O)C(Cc1ccccc1)N(Cc1cccc(Br)c1)C(=O)CCCN(c1ccccc1)S(C)(=O)=O. The van der Waals surface area contributed by atoms with Crippen molar-refractivity contribution in [2.24, 2.45) is 0 Å². The van der Waals surface area contributed by atoms with E-state index in [-0.39, 0.29) is 37.4 Å². The molecule has 7 nitrogen and oxygen atoms in total. The van der Waals surface area contributed by atoms with Gasteiger partial charge in [-0.05, 0) is 55.7 Å². The summed E-state index contributed by atoms with van der Waals surface area (Å²) in [4.78, 5) is 28.9. The molecule has 0 spiro atoms. The molecule has 9 heteroatoms. The van der Waals surface area contributed by atoms with Crippen molar-refractivity contribution >= 4 is 43.5 Å². The minimum absolute atomic E-state index is 0.0900. The van der Waals surface area contributed by atoms with Crippen LogP contribution in [0.3, 0.4) is 0 Å². The lowest BCUT2D eigenvalue weighted by Gasteiger charge is -2.32. The zero-order valence-electron chi connectivity index (χ0n) is 22.6. The highest BCUT2D eigenvalue weighted by molar-refractivity contribution is 9.10. The third kappa shape index (κ3) is 9.51. The molecule has 0 aliphatic rings. The van der Waals surface area contributed by atoms with Gasteiger partial charge < -0.3 is 10.2 Å². The van der Waals surface area contributed by atoms with Crippen molar-refractivity contribution < 1.29 is 18.0 Å². The average Bonchev–Trinajstić information content (AvgIpc) is 2.88. The van der Waals surface area contributed by atoms with Crippen molar-refractivity contribution in [3.63, 3.8) is 0 Å². The summed E-state index contributed by atoms with van der Waals surface area (Å²) >= 11 is 3.50. The van der Waals surface area contributed by atoms with Crippen LogP contribution < -0.4 is 9.62 Å². The Morgan fingerprint density at radius 3 is 2.10 bits per heavy atom. The number of anilines is 1. The molecule has 39 heavy (non-hydrogen) atoms. The molecule has 3 aromatic rings. The predicted octanol–water partition coefficient (Wildman–Crippen LogP) is 5.16. The van der Waals surface area contributed by atoms with E-state index in [1.165, 1.54) is 4.31 Å².